The van der Waals surface area contributed by atoms with Crippen LogP contribution in [0.3, 0.4) is 0 Å². The first-order chi connectivity index (χ1) is 7.37. The molecule has 0 saturated heterocycles. The lowest BCUT2D eigenvalue weighted by Gasteiger charge is -2.17. The summed E-state index contributed by atoms with van der Waals surface area (Å²) in [5.41, 5.74) is 6.56. The first kappa shape index (κ1) is 13.2. The van der Waals surface area contributed by atoms with Crippen LogP contribution in [0.15, 0.2) is 24.3 Å². The van der Waals surface area contributed by atoms with E-state index in [-0.39, 0.29) is 11.3 Å². The maximum Gasteiger partial charge on any atom is 0.137 e. The lowest BCUT2D eigenvalue weighted by atomic mass is 9.96. The number of rotatable bonds is 5. The van der Waals surface area contributed by atoms with Gasteiger partial charge in [0.15, 0.2) is 0 Å². The lowest BCUT2D eigenvalue weighted by Crippen LogP contribution is -2.32. The maximum atomic E-state index is 11.7. The van der Waals surface area contributed by atoms with Crippen molar-refractivity contribution in [2.24, 2.45) is 5.73 Å². The molecule has 0 spiro atoms. The molecule has 0 bridgehead atoms. The second kappa shape index (κ2) is 5.46. The van der Waals surface area contributed by atoms with Crippen molar-refractivity contribution in [2.45, 2.75) is 38.6 Å². The third kappa shape index (κ3) is 5.29. The first-order valence-electron chi connectivity index (χ1n) is 5.42. The van der Waals surface area contributed by atoms with Gasteiger partial charge in [0.1, 0.15) is 5.78 Å². The predicted octanol–water partition coefficient (Wildman–Crippen LogP) is 2.97. The molecule has 16 heavy (non-hydrogen) atoms. The van der Waals surface area contributed by atoms with Crippen LogP contribution in [0.2, 0.25) is 5.02 Å². The van der Waals surface area contributed by atoms with E-state index in [4.69, 9.17) is 17.3 Å². The molecule has 0 atom stereocenters. The van der Waals surface area contributed by atoms with Gasteiger partial charge in [-0.3, -0.25) is 4.79 Å². The zero-order chi connectivity index (χ0) is 12.2. The van der Waals surface area contributed by atoms with Gasteiger partial charge in [0.05, 0.1) is 0 Å². The zero-order valence-corrected chi connectivity index (χ0v) is 10.6. The molecule has 0 saturated carbocycles. The van der Waals surface area contributed by atoms with Crippen LogP contribution in [0.25, 0.3) is 0 Å². The van der Waals surface area contributed by atoms with Gasteiger partial charge in [0, 0.05) is 23.4 Å². The summed E-state index contributed by atoms with van der Waals surface area (Å²) in [4.78, 5) is 11.7. The number of carbonyl (C=O) groups excluding carboxylic acids is 1. The Kier molecular flexibility index (Phi) is 4.51. The minimum absolute atomic E-state index is 0.223. The highest BCUT2D eigenvalue weighted by molar-refractivity contribution is 6.30. The number of nitrogens with two attached hydrogens (primary N) is 1. The fourth-order valence-electron chi connectivity index (χ4n) is 1.38. The molecule has 0 fully saturated rings. The molecule has 2 N–H and O–H groups in total. The van der Waals surface area contributed by atoms with Crippen molar-refractivity contribution in [3.8, 4) is 0 Å². The number of Topliss-reactive ketones (excluding diaryl/α,β-unsaturated/α-hetero) is 1. The van der Waals surface area contributed by atoms with Gasteiger partial charge >= 0.3 is 0 Å². The molecule has 0 amide bonds. The van der Waals surface area contributed by atoms with E-state index in [9.17, 15) is 4.79 Å². The van der Waals surface area contributed by atoms with E-state index in [2.05, 4.69) is 0 Å². The van der Waals surface area contributed by atoms with E-state index in [1.807, 2.05) is 26.0 Å². The van der Waals surface area contributed by atoms with Crippen molar-refractivity contribution < 1.29 is 4.79 Å². The SMILES string of the molecule is CC(C)(N)CCC(=O)Cc1ccc(Cl)cc1. The zero-order valence-electron chi connectivity index (χ0n) is 9.79. The van der Waals surface area contributed by atoms with Gasteiger partial charge < -0.3 is 5.73 Å². The number of hydrogen-bond donors (Lipinski definition) is 1. The van der Waals surface area contributed by atoms with Crippen LogP contribution in [0.5, 0.6) is 0 Å². The topological polar surface area (TPSA) is 43.1 Å². The van der Waals surface area contributed by atoms with E-state index in [1.165, 1.54) is 0 Å². The monoisotopic (exact) mass is 239 g/mol. The molecule has 0 heterocycles. The Hall–Kier alpha value is -0.860. The van der Waals surface area contributed by atoms with Gasteiger partial charge in [-0.25, -0.2) is 0 Å². The number of halogens is 1. The molecule has 1 rings (SSSR count). The Bertz CT molecular complexity index is 351. The average molecular weight is 240 g/mol. The van der Waals surface area contributed by atoms with Gasteiger partial charge in [0.25, 0.3) is 0 Å². The third-order valence-corrected chi connectivity index (χ3v) is 2.61. The van der Waals surface area contributed by atoms with Crippen molar-refractivity contribution in [3.05, 3.63) is 34.9 Å². The van der Waals surface area contributed by atoms with E-state index in [1.54, 1.807) is 12.1 Å². The Labute approximate surface area is 102 Å². The molecule has 88 valence electrons. The highest BCUT2D eigenvalue weighted by Gasteiger charge is 2.13. The average Bonchev–Trinajstić information content (AvgIpc) is 2.18. The summed E-state index contributed by atoms with van der Waals surface area (Å²) in [6, 6.07) is 7.37. The predicted molar refractivity (Wildman–Crippen MR) is 67.7 cm³/mol. The van der Waals surface area contributed by atoms with Crippen LogP contribution < -0.4 is 5.73 Å². The number of ketones is 1. The van der Waals surface area contributed by atoms with Crippen molar-refractivity contribution in [2.75, 3.05) is 0 Å². The van der Waals surface area contributed by atoms with Crippen LogP contribution in [0.4, 0.5) is 0 Å². The largest absolute Gasteiger partial charge is 0.326 e. The van der Waals surface area contributed by atoms with Gasteiger partial charge in [-0.05, 0) is 38.0 Å². The summed E-state index contributed by atoms with van der Waals surface area (Å²) in [7, 11) is 0. The molecule has 1 aromatic carbocycles. The Morgan fingerprint density at radius 1 is 1.31 bits per heavy atom. The van der Waals surface area contributed by atoms with Crippen molar-refractivity contribution in [1.29, 1.82) is 0 Å². The molecule has 2 nitrogen and oxygen atoms in total. The summed E-state index contributed by atoms with van der Waals surface area (Å²) in [6.45, 7) is 3.87. The normalized spacial score (nSPS) is 11.5. The Balaban J connectivity index is 2.43. The standard InChI is InChI=1S/C13H18ClNO/c1-13(2,15)8-7-12(16)9-10-3-5-11(14)6-4-10/h3-6H,7-9,15H2,1-2H3. The van der Waals surface area contributed by atoms with E-state index in [0.717, 1.165) is 12.0 Å². The number of hydrogen-bond acceptors (Lipinski definition) is 2. The molecule has 0 radical (unpaired) electrons. The van der Waals surface area contributed by atoms with Crippen LogP contribution in [0, 0.1) is 0 Å². The fourth-order valence-corrected chi connectivity index (χ4v) is 1.51. The smallest absolute Gasteiger partial charge is 0.137 e. The molecule has 0 aliphatic rings. The van der Waals surface area contributed by atoms with E-state index >= 15 is 0 Å². The second-order valence-corrected chi connectivity index (χ2v) is 5.27. The van der Waals surface area contributed by atoms with Crippen molar-refractivity contribution in [1.82, 2.24) is 0 Å². The van der Waals surface area contributed by atoms with Gasteiger partial charge in [0.2, 0.25) is 0 Å². The molecule has 0 aromatic heterocycles. The van der Waals surface area contributed by atoms with Gasteiger partial charge in [-0.2, -0.15) is 0 Å². The van der Waals surface area contributed by atoms with Crippen molar-refractivity contribution in [3.63, 3.8) is 0 Å². The fraction of sp³-hybridized carbons (Fsp3) is 0.462. The molecule has 0 unspecified atom stereocenters. The molecule has 0 aliphatic heterocycles. The maximum absolute atomic E-state index is 11.7. The minimum Gasteiger partial charge on any atom is -0.326 e. The molecular weight excluding hydrogens is 222 g/mol. The van der Waals surface area contributed by atoms with Crippen LogP contribution >= 0.6 is 11.6 Å². The number of carbonyl (C=O) groups is 1. The van der Waals surface area contributed by atoms with E-state index < -0.39 is 0 Å². The summed E-state index contributed by atoms with van der Waals surface area (Å²) in [5.74, 6) is 0.223. The highest BCUT2D eigenvalue weighted by Crippen LogP contribution is 2.13. The highest BCUT2D eigenvalue weighted by atomic mass is 35.5. The molecule has 1 aromatic rings. The van der Waals surface area contributed by atoms with Gasteiger partial charge in [-0.1, -0.05) is 23.7 Å². The lowest BCUT2D eigenvalue weighted by molar-refractivity contribution is -0.118. The van der Waals surface area contributed by atoms with Crippen LogP contribution in [0.1, 0.15) is 32.3 Å². The van der Waals surface area contributed by atoms with Gasteiger partial charge in [-0.15, -0.1) is 0 Å². The molecular formula is C13H18ClNO. The second-order valence-electron chi connectivity index (χ2n) is 4.83. The van der Waals surface area contributed by atoms with Crippen LogP contribution in [-0.4, -0.2) is 11.3 Å². The number of benzene rings is 1. The molecule has 3 heteroatoms. The summed E-state index contributed by atoms with van der Waals surface area (Å²) >= 11 is 5.77. The first-order valence-corrected chi connectivity index (χ1v) is 5.80. The third-order valence-electron chi connectivity index (χ3n) is 2.36. The van der Waals surface area contributed by atoms with E-state index in [0.29, 0.717) is 17.9 Å². The van der Waals surface area contributed by atoms with Crippen LogP contribution in [-0.2, 0) is 11.2 Å². The summed E-state index contributed by atoms with van der Waals surface area (Å²) in [5, 5.41) is 0.694. The Morgan fingerprint density at radius 3 is 2.38 bits per heavy atom. The Morgan fingerprint density at radius 2 is 1.88 bits per heavy atom. The molecule has 0 aliphatic carbocycles. The van der Waals surface area contributed by atoms with Crippen molar-refractivity contribution >= 4 is 17.4 Å². The quantitative estimate of drug-likeness (QED) is 0.859. The summed E-state index contributed by atoms with van der Waals surface area (Å²) < 4.78 is 0. The minimum atomic E-state index is -0.268. The summed E-state index contributed by atoms with van der Waals surface area (Å²) in [6.07, 6.45) is 1.72.